The minimum atomic E-state index is 0.116. The van der Waals surface area contributed by atoms with Crippen LogP contribution in [0.4, 0.5) is 5.82 Å². The normalized spacial score (nSPS) is 11.0. The van der Waals surface area contributed by atoms with E-state index in [1.165, 1.54) is 12.8 Å². The molecular weight excluding hydrogens is 264 g/mol. The molecule has 0 aliphatic rings. The van der Waals surface area contributed by atoms with Crippen molar-refractivity contribution < 1.29 is 4.79 Å². The third-order valence-electron chi connectivity index (χ3n) is 3.62. The maximum absolute atomic E-state index is 12.1. The lowest BCUT2D eigenvalue weighted by molar-refractivity contribution is 0.0983. The number of unbranched alkanes of at least 4 members (excludes halogenated alkanes) is 2. The molecule has 0 N–H and O–H groups in total. The quantitative estimate of drug-likeness (QED) is 0.552. The average Bonchev–Trinajstić information content (AvgIpc) is 2.90. The van der Waals surface area contributed by atoms with Gasteiger partial charge in [-0.05, 0) is 18.9 Å². The highest BCUT2D eigenvalue weighted by Crippen LogP contribution is 2.16. The van der Waals surface area contributed by atoms with E-state index in [1.807, 2.05) is 26.2 Å². The molecule has 0 bridgehead atoms. The summed E-state index contributed by atoms with van der Waals surface area (Å²) < 4.78 is 1.67. The minimum Gasteiger partial charge on any atom is -0.360 e. The zero-order valence-electron chi connectivity index (χ0n) is 13.2. The largest absolute Gasteiger partial charge is 0.360 e. The molecule has 5 heteroatoms. The fourth-order valence-electron chi connectivity index (χ4n) is 2.34. The Morgan fingerprint density at radius 2 is 2.10 bits per heavy atom. The average molecular weight is 288 g/mol. The molecule has 2 aromatic rings. The first-order valence-electron chi connectivity index (χ1n) is 7.76. The van der Waals surface area contributed by atoms with Crippen LogP contribution in [0.25, 0.3) is 5.65 Å². The molecule has 0 amide bonds. The van der Waals surface area contributed by atoms with Crippen LogP contribution in [0.15, 0.2) is 18.5 Å². The maximum Gasteiger partial charge on any atom is 0.168 e. The number of nitrogens with zero attached hydrogens (tertiary/aromatic N) is 4. The molecule has 0 spiro atoms. The number of fused-ring (bicyclic) bond motifs is 1. The molecule has 21 heavy (non-hydrogen) atoms. The van der Waals surface area contributed by atoms with Crippen LogP contribution in [0.2, 0.25) is 0 Å². The molecule has 5 nitrogen and oxygen atoms in total. The summed E-state index contributed by atoms with van der Waals surface area (Å²) in [4.78, 5) is 18.9. The molecule has 2 aromatic heterocycles. The lowest BCUT2D eigenvalue weighted by Gasteiger charge is -2.17. The van der Waals surface area contributed by atoms with E-state index >= 15 is 0 Å². The molecule has 114 valence electrons. The van der Waals surface area contributed by atoms with Gasteiger partial charge in [-0.25, -0.2) is 9.50 Å². The Hall–Kier alpha value is -1.91. The van der Waals surface area contributed by atoms with Crippen LogP contribution in [0.5, 0.6) is 0 Å². The lowest BCUT2D eigenvalue weighted by Crippen LogP contribution is -2.20. The van der Waals surface area contributed by atoms with Crippen molar-refractivity contribution in [2.45, 2.75) is 46.0 Å². The number of ketones is 1. The number of anilines is 1. The summed E-state index contributed by atoms with van der Waals surface area (Å²) in [7, 11) is 2.04. The van der Waals surface area contributed by atoms with Crippen LogP contribution in [-0.4, -0.2) is 34.0 Å². The predicted octanol–water partition coefficient (Wildman–Crippen LogP) is 3.34. The van der Waals surface area contributed by atoms with Crippen molar-refractivity contribution >= 4 is 17.2 Å². The predicted molar refractivity (Wildman–Crippen MR) is 85.0 cm³/mol. The molecule has 0 unspecified atom stereocenters. The first-order chi connectivity index (χ1) is 10.2. The Bertz CT molecular complexity index is 605. The zero-order chi connectivity index (χ0) is 15.2. The van der Waals surface area contributed by atoms with E-state index in [2.05, 4.69) is 21.9 Å². The van der Waals surface area contributed by atoms with Crippen LogP contribution in [0.1, 0.15) is 56.3 Å². The highest BCUT2D eigenvalue weighted by atomic mass is 16.1. The Balaban J connectivity index is 2.23. The van der Waals surface area contributed by atoms with E-state index in [0.29, 0.717) is 17.6 Å². The second-order valence-electron chi connectivity index (χ2n) is 5.41. The van der Waals surface area contributed by atoms with Gasteiger partial charge in [0.05, 0.1) is 11.8 Å². The monoisotopic (exact) mass is 288 g/mol. The number of carbonyl (C=O) groups excluding carboxylic acids is 1. The Morgan fingerprint density at radius 1 is 1.29 bits per heavy atom. The van der Waals surface area contributed by atoms with E-state index in [1.54, 1.807) is 10.7 Å². The van der Waals surface area contributed by atoms with Crippen molar-refractivity contribution in [1.82, 2.24) is 14.6 Å². The van der Waals surface area contributed by atoms with Crippen LogP contribution in [0, 0.1) is 0 Å². The summed E-state index contributed by atoms with van der Waals surface area (Å²) in [6, 6.07) is 1.94. The second kappa shape index (κ2) is 7.20. The van der Waals surface area contributed by atoms with Crippen molar-refractivity contribution in [3.63, 3.8) is 0 Å². The molecule has 0 aliphatic heterocycles. The molecule has 0 fully saturated rings. The molecule has 0 radical (unpaired) electrons. The van der Waals surface area contributed by atoms with Gasteiger partial charge in [0.25, 0.3) is 0 Å². The van der Waals surface area contributed by atoms with Crippen LogP contribution < -0.4 is 4.90 Å². The van der Waals surface area contributed by atoms with Crippen molar-refractivity contribution in [1.29, 1.82) is 0 Å². The molecule has 2 rings (SSSR count). The van der Waals surface area contributed by atoms with Crippen LogP contribution in [0.3, 0.4) is 0 Å². The Labute approximate surface area is 126 Å². The highest BCUT2D eigenvalue weighted by Gasteiger charge is 2.14. The van der Waals surface area contributed by atoms with Gasteiger partial charge in [0.2, 0.25) is 0 Å². The van der Waals surface area contributed by atoms with Crippen LogP contribution >= 0.6 is 0 Å². The molecule has 0 atom stereocenters. The van der Waals surface area contributed by atoms with Gasteiger partial charge in [-0.3, -0.25) is 4.79 Å². The number of hydrogen-bond acceptors (Lipinski definition) is 4. The summed E-state index contributed by atoms with van der Waals surface area (Å²) in [5.74, 6) is 1.01. The third-order valence-corrected chi connectivity index (χ3v) is 3.62. The third kappa shape index (κ3) is 3.60. The SMILES string of the molecule is CCCCCN(C)c1ccn2ncc(C(=O)CCC)c2n1. The maximum atomic E-state index is 12.1. The van der Waals surface area contributed by atoms with Crippen molar-refractivity contribution in [3.05, 3.63) is 24.0 Å². The van der Waals surface area contributed by atoms with Gasteiger partial charge < -0.3 is 4.90 Å². The fraction of sp³-hybridized carbons (Fsp3) is 0.562. The van der Waals surface area contributed by atoms with E-state index in [4.69, 9.17) is 0 Å². The van der Waals surface area contributed by atoms with E-state index in [0.717, 1.165) is 25.2 Å². The summed E-state index contributed by atoms with van der Waals surface area (Å²) in [5.41, 5.74) is 1.29. The van der Waals surface area contributed by atoms with Gasteiger partial charge in [-0.2, -0.15) is 5.10 Å². The van der Waals surface area contributed by atoms with Gasteiger partial charge in [0, 0.05) is 26.2 Å². The molecule has 0 aromatic carbocycles. The molecule has 0 aliphatic carbocycles. The molecule has 2 heterocycles. The first-order valence-corrected chi connectivity index (χ1v) is 7.76. The number of rotatable bonds is 8. The summed E-state index contributed by atoms with van der Waals surface area (Å²) in [5, 5.41) is 4.21. The van der Waals surface area contributed by atoms with Gasteiger partial charge in [-0.15, -0.1) is 0 Å². The Kier molecular flexibility index (Phi) is 5.31. The van der Waals surface area contributed by atoms with E-state index in [-0.39, 0.29) is 5.78 Å². The van der Waals surface area contributed by atoms with Crippen LogP contribution in [-0.2, 0) is 0 Å². The fourth-order valence-corrected chi connectivity index (χ4v) is 2.34. The standard InChI is InChI=1S/C16H24N4O/c1-4-6-7-10-19(3)15-9-11-20-16(18-15)13(12-17-20)14(21)8-5-2/h9,11-12H,4-8,10H2,1-3H3. The summed E-state index contributed by atoms with van der Waals surface area (Å²) in [6.07, 6.45) is 8.46. The smallest absolute Gasteiger partial charge is 0.168 e. The van der Waals surface area contributed by atoms with Crippen molar-refractivity contribution in [2.24, 2.45) is 0 Å². The zero-order valence-corrected chi connectivity index (χ0v) is 13.2. The number of Topliss-reactive ketones (excluding diaryl/α,β-unsaturated/α-hetero) is 1. The van der Waals surface area contributed by atoms with Crippen molar-refractivity contribution in [2.75, 3.05) is 18.5 Å². The highest BCUT2D eigenvalue weighted by molar-refractivity contribution is 6.01. The lowest BCUT2D eigenvalue weighted by atomic mass is 10.1. The molecule has 0 saturated heterocycles. The van der Waals surface area contributed by atoms with Gasteiger partial charge in [0.15, 0.2) is 11.4 Å². The second-order valence-corrected chi connectivity index (χ2v) is 5.41. The van der Waals surface area contributed by atoms with E-state index < -0.39 is 0 Å². The first kappa shape index (κ1) is 15.5. The molecular formula is C16H24N4O. The Morgan fingerprint density at radius 3 is 2.81 bits per heavy atom. The summed E-state index contributed by atoms with van der Waals surface area (Å²) in [6.45, 7) is 5.18. The number of aromatic nitrogens is 3. The molecule has 0 saturated carbocycles. The van der Waals surface area contributed by atoms with E-state index in [9.17, 15) is 4.79 Å². The topological polar surface area (TPSA) is 50.5 Å². The van der Waals surface area contributed by atoms with Gasteiger partial charge >= 0.3 is 0 Å². The van der Waals surface area contributed by atoms with Crippen molar-refractivity contribution in [3.8, 4) is 0 Å². The number of carbonyl (C=O) groups is 1. The minimum absolute atomic E-state index is 0.116. The van der Waals surface area contributed by atoms with Gasteiger partial charge in [0.1, 0.15) is 5.82 Å². The van der Waals surface area contributed by atoms with Gasteiger partial charge in [-0.1, -0.05) is 26.7 Å². The number of hydrogen-bond donors (Lipinski definition) is 0. The summed E-state index contributed by atoms with van der Waals surface area (Å²) >= 11 is 0.